The molecule has 0 aliphatic carbocycles. The third-order valence-electron chi connectivity index (χ3n) is 5.55. The second-order valence-electron chi connectivity index (χ2n) is 7.87. The minimum atomic E-state index is -0.541. The number of amides is 1. The Balaban J connectivity index is 1.64. The van der Waals surface area contributed by atoms with Crippen LogP contribution in [0.4, 0.5) is 5.13 Å². The summed E-state index contributed by atoms with van der Waals surface area (Å²) >= 11 is 1.08. The Kier molecular flexibility index (Phi) is 7.93. The number of hydrogen-bond acceptors (Lipinski definition) is 9. The van der Waals surface area contributed by atoms with E-state index >= 15 is 0 Å². The fraction of sp³-hybridized carbons (Fsp3) is 0.417. The summed E-state index contributed by atoms with van der Waals surface area (Å²) in [5.41, 5.74) is 3.55. The van der Waals surface area contributed by atoms with Gasteiger partial charge in [-0.05, 0) is 46.1 Å². The average Bonchev–Trinajstić information content (AvgIpc) is 3.36. The number of anilines is 1. The normalized spacial score (nSPS) is 12.9. The number of hydrogen-bond donors (Lipinski definition) is 2. The summed E-state index contributed by atoms with van der Waals surface area (Å²) in [6.07, 6.45) is 2.92. The molecule has 0 atom stereocenters. The molecule has 182 valence electrons. The molecular weight excluding hydrogens is 460 g/mol. The number of esters is 2. The van der Waals surface area contributed by atoms with E-state index < -0.39 is 11.9 Å². The highest BCUT2D eigenvalue weighted by atomic mass is 32.1. The molecule has 1 aliphatic rings. The first-order chi connectivity index (χ1) is 16.2. The number of aromatic nitrogens is 1. The lowest BCUT2D eigenvalue weighted by molar-refractivity contribution is -0.116. The predicted molar refractivity (Wildman–Crippen MR) is 127 cm³/mol. The summed E-state index contributed by atoms with van der Waals surface area (Å²) in [7, 11) is 1.52. The van der Waals surface area contributed by atoms with Crippen molar-refractivity contribution in [3.05, 3.63) is 44.5 Å². The molecule has 0 fully saturated rings. The van der Waals surface area contributed by atoms with Crippen molar-refractivity contribution in [1.29, 1.82) is 0 Å². The summed E-state index contributed by atoms with van der Waals surface area (Å²) in [4.78, 5) is 40.9. The Morgan fingerprint density at radius 3 is 2.71 bits per heavy atom. The van der Waals surface area contributed by atoms with Crippen molar-refractivity contribution in [2.24, 2.45) is 0 Å². The van der Waals surface area contributed by atoms with E-state index in [0.29, 0.717) is 45.4 Å². The standard InChI is InChI=1S/C24H28N2O7S/c1-6-32-23(30)21-14(4)25-24(34-21)26-17(27)10-8-12(2)7-9-15-19(28)18-16(11-33-22(18)29)13(3)20(15)31-5/h7,28H,6,8-11H2,1-5H3,(H,25,26,27). The average molecular weight is 489 g/mol. The Labute approximate surface area is 201 Å². The van der Waals surface area contributed by atoms with Crippen molar-refractivity contribution in [2.45, 2.75) is 53.6 Å². The first kappa shape index (κ1) is 25.2. The molecule has 0 radical (unpaired) electrons. The fourth-order valence-corrected chi connectivity index (χ4v) is 4.61. The van der Waals surface area contributed by atoms with Crippen molar-refractivity contribution in [3.8, 4) is 11.5 Å². The number of nitrogens with one attached hydrogen (secondary N) is 1. The van der Waals surface area contributed by atoms with E-state index in [0.717, 1.165) is 22.5 Å². The molecule has 0 bridgehead atoms. The van der Waals surface area contributed by atoms with Gasteiger partial charge in [0.1, 0.15) is 28.5 Å². The Hall–Kier alpha value is -3.40. The van der Waals surface area contributed by atoms with Gasteiger partial charge in [0.25, 0.3) is 0 Å². The van der Waals surface area contributed by atoms with Crippen LogP contribution in [0.5, 0.6) is 11.5 Å². The molecule has 0 spiro atoms. The number of cyclic esters (lactones) is 1. The van der Waals surface area contributed by atoms with Crippen LogP contribution in [0.25, 0.3) is 0 Å². The number of carbonyl (C=O) groups is 3. The second kappa shape index (κ2) is 10.7. The Morgan fingerprint density at radius 2 is 2.03 bits per heavy atom. The van der Waals surface area contributed by atoms with Gasteiger partial charge in [0, 0.05) is 17.5 Å². The van der Waals surface area contributed by atoms with E-state index in [9.17, 15) is 19.5 Å². The molecule has 10 heteroatoms. The highest BCUT2D eigenvalue weighted by molar-refractivity contribution is 7.17. The van der Waals surface area contributed by atoms with Gasteiger partial charge in [-0.3, -0.25) is 4.79 Å². The third kappa shape index (κ3) is 5.22. The minimum Gasteiger partial charge on any atom is -0.507 e. The topological polar surface area (TPSA) is 124 Å². The molecule has 2 aromatic rings. The van der Waals surface area contributed by atoms with Crippen LogP contribution in [-0.2, 0) is 27.3 Å². The smallest absolute Gasteiger partial charge is 0.350 e. The number of benzene rings is 1. The van der Waals surface area contributed by atoms with E-state index in [4.69, 9.17) is 14.2 Å². The highest BCUT2D eigenvalue weighted by Gasteiger charge is 2.31. The summed E-state index contributed by atoms with van der Waals surface area (Å²) < 4.78 is 15.6. The molecule has 2 N–H and O–H groups in total. The first-order valence-corrected chi connectivity index (χ1v) is 11.7. The van der Waals surface area contributed by atoms with E-state index in [-0.39, 0.29) is 36.9 Å². The van der Waals surface area contributed by atoms with E-state index in [1.165, 1.54) is 7.11 Å². The summed E-state index contributed by atoms with van der Waals surface area (Å²) in [5, 5.41) is 13.8. The lowest BCUT2D eigenvalue weighted by Crippen LogP contribution is -2.11. The molecule has 0 saturated carbocycles. The Bertz CT molecular complexity index is 1170. The number of aromatic hydroxyl groups is 1. The highest BCUT2D eigenvalue weighted by Crippen LogP contribution is 2.42. The second-order valence-corrected chi connectivity index (χ2v) is 8.87. The van der Waals surface area contributed by atoms with E-state index in [2.05, 4.69) is 10.3 Å². The molecule has 1 aliphatic heterocycles. The number of allylic oxidation sites excluding steroid dienone is 2. The Morgan fingerprint density at radius 1 is 1.29 bits per heavy atom. The first-order valence-electron chi connectivity index (χ1n) is 10.9. The zero-order chi connectivity index (χ0) is 25.0. The van der Waals surface area contributed by atoms with Gasteiger partial charge < -0.3 is 24.6 Å². The van der Waals surface area contributed by atoms with Gasteiger partial charge >= 0.3 is 11.9 Å². The van der Waals surface area contributed by atoms with E-state index in [1.807, 2.05) is 19.9 Å². The number of nitrogens with zero attached hydrogens (tertiary/aromatic N) is 1. The van der Waals surface area contributed by atoms with Gasteiger partial charge in [0.05, 0.1) is 19.4 Å². The number of carbonyl (C=O) groups excluding carboxylic acids is 3. The molecule has 1 aromatic heterocycles. The van der Waals surface area contributed by atoms with E-state index in [1.54, 1.807) is 13.8 Å². The van der Waals surface area contributed by atoms with Crippen LogP contribution in [0.2, 0.25) is 0 Å². The van der Waals surface area contributed by atoms with Gasteiger partial charge in [-0.1, -0.05) is 23.0 Å². The predicted octanol–water partition coefficient (Wildman–Crippen LogP) is 4.23. The quantitative estimate of drug-likeness (QED) is 0.397. The lowest BCUT2D eigenvalue weighted by atomic mass is 9.94. The minimum absolute atomic E-state index is 0.119. The number of ether oxygens (including phenoxy) is 3. The van der Waals surface area contributed by atoms with Gasteiger partial charge in [-0.25, -0.2) is 14.6 Å². The maximum absolute atomic E-state index is 12.4. The van der Waals surface area contributed by atoms with Crippen LogP contribution in [0, 0.1) is 13.8 Å². The van der Waals surface area contributed by atoms with Crippen LogP contribution in [0.15, 0.2) is 11.6 Å². The lowest BCUT2D eigenvalue weighted by Gasteiger charge is -2.15. The zero-order valence-corrected chi connectivity index (χ0v) is 20.7. The molecule has 1 aromatic carbocycles. The van der Waals surface area contributed by atoms with Crippen molar-refractivity contribution in [3.63, 3.8) is 0 Å². The van der Waals surface area contributed by atoms with Gasteiger partial charge in [-0.15, -0.1) is 0 Å². The number of rotatable bonds is 9. The largest absolute Gasteiger partial charge is 0.507 e. The monoisotopic (exact) mass is 488 g/mol. The van der Waals surface area contributed by atoms with Crippen molar-refractivity contribution in [2.75, 3.05) is 19.0 Å². The zero-order valence-electron chi connectivity index (χ0n) is 19.9. The van der Waals surface area contributed by atoms with Crippen molar-refractivity contribution in [1.82, 2.24) is 4.98 Å². The maximum atomic E-state index is 12.4. The molecule has 3 rings (SSSR count). The number of phenolic OH excluding ortho intramolecular Hbond substituents is 1. The van der Waals surface area contributed by atoms with Crippen molar-refractivity contribution < 1.29 is 33.7 Å². The summed E-state index contributed by atoms with van der Waals surface area (Å²) in [6.45, 7) is 7.52. The SMILES string of the molecule is CCOC(=O)c1sc(NC(=O)CCC(C)=CCc2c(O)c3c(c(C)c2OC)COC3=O)nc1C. The van der Waals surface area contributed by atoms with Crippen LogP contribution in [0.3, 0.4) is 0 Å². The fourth-order valence-electron chi connectivity index (χ4n) is 3.73. The molecular formula is C24H28N2O7S. The summed E-state index contributed by atoms with van der Waals surface area (Å²) in [6, 6.07) is 0. The number of fused-ring (bicyclic) bond motifs is 1. The van der Waals surface area contributed by atoms with Crippen LogP contribution < -0.4 is 10.1 Å². The molecule has 1 amide bonds. The van der Waals surface area contributed by atoms with Gasteiger partial charge in [0.2, 0.25) is 5.91 Å². The van der Waals surface area contributed by atoms with Crippen LogP contribution in [0.1, 0.15) is 69.1 Å². The molecule has 9 nitrogen and oxygen atoms in total. The number of thiazole rings is 1. The number of methoxy groups -OCH3 is 1. The molecule has 0 unspecified atom stereocenters. The summed E-state index contributed by atoms with van der Waals surface area (Å²) in [5.74, 6) is -0.828. The number of phenols is 1. The maximum Gasteiger partial charge on any atom is 0.350 e. The molecule has 0 saturated heterocycles. The van der Waals surface area contributed by atoms with Gasteiger partial charge in [0.15, 0.2) is 5.13 Å². The molecule has 34 heavy (non-hydrogen) atoms. The number of aryl methyl sites for hydroxylation is 1. The third-order valence-corrected chi connectivity index (χ3v) is 6.61. The van der Waals surface area contributed by atoms with Gasteiger partial charge in [-0.2, -0.15) is 0 Å². The van der Waals surface area contributed by atoms with Crippen LogP contribution in [-0.4, -0.2) is 41.7 Å². The van der Waals surface area contributed by atoms with Crippen molar-refractivity contribution >= 4 is 34.3 Å². The van der Waals surface area contributed by atoms with Crippen LogP contribution >= 0.6 is 11.3 Å². The molecule has 2 heterocycles.